The molecule has 0 saturated carbocycles. The first-order chi connectivity index (χ1) is 8.65. The summed E-state index contributed by atoms with van der Waals surface area (Å²) in [6, 6.07) is 11.2. The Labute approximate surface area is 110 Å². The van der Waals surface area contributed by atoms with E-state index in [1.54, 1.807) is 18.2 Å². The maximum Gasteiger partial charge on any atom is 0.158 e. The van der Waals surface area contributed by atoms with E-state index < -0.39 is 0 Å². The number of anilines is 1. The fourth-order valence-electron chi connectivity index (χ4n) is 1.72. The molecule has 2 rings (SSSR count). The number of halogens is 1. The van der Waals surface area contributed by atoms with Crippen LogP contribution in [0.15, 0.2) is 30.3 Å². The van der Waals surface area contributed by atoms with E-state index in [-0.39, 0.29) is 0 Å². The van der Waals surface area contributed by atoms with Crippen LogP contribution in [0.3, 0.4) is 0 Å². The third kappa shape index (κ3) is 2.28. The van der Waals surface area contributed by atoms with Crippen LogP contribution in [-0.2, 0) is 0 Å². The average molecular weight is 259 g/mol. The van der Waals surface area contributed by atoms with Crippen molar-refractivity contribution in [3.05, 3.63) is 46.6 Å². The smallest absolute Gasteiger partial charge is 0.158 e. The van der Waals surface area contributed by atoms with Gasteiger partial charge in [-0.3, -0.25) is 0 Å². The number of hydrazine groups is 1. The molecule has 0 aliphatic carbocycles. The number of rotatable bonds is 2. The van der Waals surface area contributed by atoms with E-state index in [9.17, 15) is 0 Å². The molecular formula is C13H11ClN4. The minimum atomic E-state index is 0.382. The number of nitrogen functional groups attached to an aromatic ring is 1. The van der Waals surface area contributed by atoms with Crippen LogP contribution < -0.4 is 11.3 Å². The predicted octanol–water partition coefficient (Wildman–Crippen LogP) is 2.87. The lowest BCUT2D eigenvalue weighted by Gasteiger charge is -2.09. The topological polar surface area (TPSA) is 74.7 Å². The van der Waals surface area contributed by atoms with Gasteiger partial charge in [0, 0.05) is 16.3 Å². The first-order valence-corrected chi connectivity index (χ1v) is 5.68. The van der Waals surface area contributed by atoms with Gasteiger partial charge in [0.1, 0.15) is 6.07 Å². The van der Waals surface area contributed by atoms with Gasteiger partial charge in [0.2, 0.25) is 0 Å². The van der Waals surface area contributed by atoms with Gasteiger partial charge < -0.3 is 5.43 Å². The third-order valence-electron chi connectivity index (χ3n) is 2.63. The molecule has 4 nitrogen and oxygen atoms in total. The van der Waals surface area contributed by atoms with Crippen molar-refractivity contribution < 1.29 is 0 Å². The Morgan fingerprint density at radius 2 is 2.00 bits per heavy atom. The number of nitrogens with two attached hydrogens (primary N) is 1. The maximum atomic E-state index is 9.05. The molecule has 0 spiro atoms. The van der Waals surface area contributed by atoms with Gasteiger partial charge in [-0.15, -0.1) is 0 Å². The molecule has 3 N–H and O–H groups in total. The van der Waals surface area contributed by atoms with Crippen LogP contribution in [0.25, 0.3) is 11.1 Å². The Morgan fingerprint density at radius 1 is 1.33 bits per heavy atom. The lowest BCUT2D eigenvalue weighted by atomic mass is 10.0. The molecule has 0 aliphatic heterocycles. The number of nitrogens with zero attached hydrogens (tertiary/aromatic N) is 2. The maximum absolute atomic E-state index is 9.05. The van der Waals surface area contributed by atoms with Crippen molar-refractivity contribution in [2.45, 2.75) is 6.92 Å². The summed E-state index contributed by atoms with van der Waals surface area (Å²) in [7, 11) is 0. The molecule has 0 saturated heterocycles. The van der Waals surface area contributed by atoms with Crippen LogP contribution in [0.2, 0.25) is 5.02 Å². The summed E-state index contributed by atoms with van der Waals surface area (Å²) in [6.45, 7) is 1.87. The van der Waals surface area contributed by atoms with E-state index in [0.29, 0.717) is 16.4 Å². The Hall–Kier alpha value is -2.09. The third-order valence-corrected chi connectivity index (χ3v) is 2.88. The van der Waals surface area contributed by atoms with E-state index in [0.717, 1.165) is 16.8 Å². The molecule has 1 aromatic heterocycles. The minimum Gasteiger partial charge on any atom is -0.307 e. The molecule has 0 bridgehead atoms. The quantitative estimate of drug-likeness (QED) is 0.642. The first kappa shape index (κ1) is 12.4. The summed E-state index contributed by atoms with van der Waals surface area (Å²) in [4.78, 5) is 4.27. The zero-order valence-corrected chi connectivity index (χ0v) is 10.5. The van der Waals surface area contributed by atoms with Crippen LogP contribution in [-0.4, -0.2) is 4.98 Å². The lowest BCUT2D eigenvalue weighted by Crippen LogP contribution is -2.11. The highest BCUT2D eigenvalue weighted by atomic mass is 35.5. The lowest BCUT2D eigenvalue weighted by molar-refractivity contribution is 1.15. The van der Waals surface area contributed by atoms with Crippen molar-refractivity contribution in [1.82, 2.24) is 4.98 Å². The second kappa shape index (κ2) is 5.05. The SMILES string of the molecule is Cc1nc(NN)c(C#N)cc1-c1ccc(Cl)cc1. The molecule has 0 amide bonds. The minimum absolute atomic E-state index is 0.382. The van der Waals surface area contributed by atoms with Gasteiger partial charge in [-0.05, 0) is 30.7 Å². The largest absolute Gasteiger partial charge is 0.307 e. The second-order valence-electron chi connectivity index (χ2n) is 3.78. The zero-order valence-electron chi connectivity index (χ0n) is 9.74. The van der Waals surface area contributed by atoms with Crippen LogP contribution in [0.4, 0.5) is 5.82 Å². The highest BCUT2D eigenvalue weighted by molar-refractivity contribution is 6.30. The van der Waals surface area contributed by atoms with E-state index in [4.69, 9.17) is 22.7 Å². The Morgan fingerprint density at radius 3 is 2.56 bits per heavy atom. The highest BCUT2D eigenvalue weighted by Crippen LogP contribution is 2.27. The molecule has 18 heavy (non-hydrogen) atoms. The molecule has 0 radical (unpaired) electrons. The van der Waals surface area contributed by atoms with Crippen molar-refractivity contribution in [3.8, 4) is 17.2 Å². The van der Waals surface area contributed by atoms with Gasteiger partial charge in [0.25, 0.3) is 0 Å². The molecule has 2 aromatic rings. The molecule has 0 aliphatic rings. The normalized spacial score (nSPS) is 9.89. The molecule has 0 unspecified atom stereocenters. The summed E-state index contributed by atoms with van der Waals surface area (Å²) < 4.78 is 0. The molecule has 5 heteroatoms. The number of benzene rings is 1. The number of aryl methyl sites for hydroxylation is 1. The van der Waals surface area contributed by atoms with Crippen molar-refractivity contribution in [1.29, 1.82) is 5.26 Å². The van der Waals surface area contributed by atoms with Crippen molar-refractivity contribution >= 4 is 17.4 Å². The van der Waals surface area contributed by atoms with Crippen LogP contribution in [0.1, 0.15) is 11.3 Å². The van der Waals surface area contributed by atoms with Crippen LogP contribution in [0.5, 0.6) is 0 Å². The van der Waals surface area contributed by atoms with Gasteiger partial charge in [-0.25, -0.2) is 10.8 Å². The van der Waals surface area contributed by atoms with Crippen molar-refractivity contribution in [2.75, 3.05) is 5.43 Å². The summed E-state index contributed by atoms with van der Waals surface area (Å²) in [5.74, 6) is 5.70. The zero-order chi connectivity index (χ0) is 13.1. The predicted molar refractivity (Wildman–Crippen MR) is 71.9 cm³/mol. The summed E-state index contributed by atoms with van der Waals surface area (Å²) in [6.07, 6.45) is 0. The molecule has 1 aromatic carbocycles. The average Bonchev–Trinajstić information content (AvgIpc) is 2.39. The van der Waals surface area contributed by atoms with Gasteiger partial charge >= 0.3 is 0 Å². The Bertz CT molecular complexity index is 614. The Kier molecular flexibility index (Phi) is 3.47. The summed E-state index contributed by atoms with van der Waals surface area (Å²) in [5.41, 5.74) is 5.48. The number of nitriles is 1. The van der Waals surface area contributed by atoms with Crippen molar-refractivity contribution in [2.24, 2.45) is 5.84 Å². The molecular weight excluding hydrogens is 248 g/mol. The number of pyridine rings is 1. The van der Waals surface area contributed by atoms with E-state index in [1.807, 2.05) is 19.1 Å². The molecule has 0 fully saturated rings. The van der Waals surface area contributed by atoms with Gasteiger partial charge in [0.05, 0.1) is 5.56 Å². The summed E-state index contributed by atoms with van der Waals surface area (Å²) in [5, 5.41) is 9.72. The number of nitrogens with one attached hydrogen (secondary N) is 1. The molecule has 1 heterocycles. The number of hydrogen-bond acceptors (Lipinski definition) is 4. The fourth-order valence-corrected chi connectivity index (χ4v) is 1.85. The van der Waals surface area contributed by atoms with Crippen LogP contribution in [0, 0.1) is 18.3 Å². The second-order valence-corrected chi connectivity index (χ2v) is 4.22. The Balaban J connectivity index is 2.58. The van der Waals surface area contributed by atoms with Gasteiger partial charge in [-0.1, -0.05) is 23.7 Å². The number of hydrogen-bond donors (Lipinski definition) is 2. The van der Waals surface area contributed by atoms with E-state index in [2.05, 4.69) is 16.5 Å². The fraction of sp³-hybridized carbons (Fsp3) is 0.0769. The molecule has 90 valence electrons. The van der Waals surface area contributed by atoms with Gasteiger partial charge in [0.15, 0.2) is 5.82 Å². The monoisotopic (exact) mass is 258 g/mol. The highest BCUT2D eigenvalue weighted by Gasteiger charge is 2.09. The van der Waals surface area contributed by atoms with E-state index >= 15 is 0 Å². The van der Waals surface area contributed by atoms with E-state index in [1.165, 1.54) is 0 Å². The standard InChI is InChI=1S/C13H11ClN4/c1-8-12(9-2-4-11(14)5-3-9)6-10(7-15)13(17-8)18-16/h2-6H,16H2,1H3,(H,17,18). The van der Waals surface area contributed by atoms with Crippen LogP contribution >= 0.6 is 11.6 Å². The summed E-state index contributed by atoms with van der Waals surface area (Å²) >= 11 is 5.85. The number of aromatic nitrogens is 1. The molecule has 0 atom stereocenters. The van der Waals surface area contributed by atoms with Crippen molar-refractivity contribution in [3.63, 3.8) is 0 Å². The van der Waals surface area contributed by atoms with Gasteiger partial charge in [-0.2, -0.15) is 5.26 Å². The first-order valence-electron chi connectivity index (χ1n) is 5.30.